The molecule has 0 saturated heterocycles. The summed E-state index contributed by atoms with van der Waals surface area (Å²) < 4.78 is 4.89. The molecule has 0 aliphatic carbocycles. The molecule has 0 radical (unpaired) electrons. The van der Waals surface area contributed by atoms with Gasteiger partial charge in [0, 0.05) is 12.1 Å². The second kappa shape index (κ2) is 7.92. The number of benzene rings is 1. The van der Waals surface area contributed by atoms with E-state index in [9.17, 15) is 9.59 Å². The van der Waals surface area contributed by atoms with Crippen LogP contribution in [-0.2, 0) is 4.74 Å². The summed E-state index contributed by atoms with van der Waals surface area (Å²) in [5.41, 5.74) is 0.398. The van der Waals surface area contributed by atoms with Crippen LogP contribution in [0.4, 0.5) is 4.79 Å². The van der Waals surface area contributed by atoms with Crippen molar-refractivity contribution in [3.63, 3.8) is 0 Å². The van der Waals surface area contributed by atoms with E-state index in [0.29, 0.717) is 22.2 Å². The Morgan fingerprint density at radius 2 is 2.05 bits per heavy atom. The number of rotatable bonds is 6. The lowest BCUT2D eigenvalue weighted by Gasteiger charge is -2.19. The molecule has 108 valence electrons. The van der Waals surface area contributed by atoms with E-state index in [4.69, 9.17) is 27.9 Å². The number of ether oxygens (including phenoxy) is 1. The van der Waals surface area contributed by atoms with Crippen LogP contribution >= 0.6 is 23.2 Å². The average molecular weight is 316 g/mol. The van der Waals surface area contributed by atoms with Crippen molar-refractivity contribution in [1.29, 1.82) is 0 Å². The Morgan fingerprint density at radius 1 is 1.35 bits per heavy atom. The highest BCUT2D eigenvalue weighted by atomic mass is 35.5. The fourth-order valence-corrected chi connectivity index (χ4v) is 1.76. The Kier molecular flexibility index (Phi) is 6.55. The normalized spacial score (nSPS) is 9.95. The summed E-state index contributed by atoms with van der Waals surface area (Å²) in [5, 5.41) is 0.677. The molecule has 0 bridgehead atoms. The minimum absolute atomic E-state index is 0.0789. The van der Waals surface area contributed by atoms with Crippen LogP contribution in [0.25, 0.3) is 0 Å². The number of Topliss-reactive ketones (excluding diaryl/α,β-unsaturated/α-hetero) is 1. The summed E-state index contributed by atoms with van der Waals surface area (Å²) in [5.74, 6) is -0.235. The molecule has 0 saturated carbocycles. The fourth-order valence-electron chi connectivity index (χ4n) is 1.46. The highest BCUT2D eigenvalue weighted by Gasteiger charge is 2.18. The molecule has 20 heavy (non-hydrogen) atoms. The van der Waals surface area contributed by atoms with Crippen molar-refractivity contribution in [1.82, 2.24) is 4.90 Å². The van der Waals surface area contributed by atoms with Gasteiger partial charge >= 0.3 is 6.09 Å². The third-order valence-electron chi connectivity index (χ3n) is 2.54. The fraction of sp³-hybridized carbons (Fsp3) is 0.286. The number of halogens is 2. The third kappa shape index (κ3) is 4.54. The molecular formula is C14H15Cl2NO3. The van der Waals surface area contributed by atoms with Crippen molar-refractivity contribution in [2.75, 3.05) is 19.7 Å². The maximum atomic E-state index is 12.1. The van der Waals surface area contributed by atoms with Gasteiger partial charge in [-0.2, -0.15) is 0 Å². The second-order valence-corrected chi connectivity index (χ2v) is 4.75. The first-order chi connectivity index (χ1) is 9.49. The number of nitrogens with zero attached hydrogens (tertiary/aromatic N) is 1. The lowest BCUT2D eigenvalue weighted by Crippen LogP contribution is -2.36. The summed E-state index contributed by atoms with van der Waals surface area (Å²) in [4.78, 5) is 25.1. The zero-order valence-electron chi connectivity index (χ0n) is 11.1. The molecule has 1 rings (SSSR count). The van der Waals surface area contributed by atoms with E-state index in [1.165, 1.54) is 17.0 Å². The average Bonchev–Trinajstić information content (AvgIpc) is 2.44. The van der Waals surface area contributed by atoms with E-state index in [-0.39, 0.29) is 18.9 Å². The molecule has 1 aromatic rings. The number of amides is 1. The van der Waals surface area contributed by atoms with Crippen LogP contribution in [0.3, 0.4) is 0 Å². The zero-order valence-corrected chi connectivity index (χ0v) is 12.6. The summed E-state index contributed by atoms with van der Waals surface area (Å²) in [6.45, 7) is 5.61. The minimum atomic E-state index is -0.555. The number of likely N-dealkylation sites (N-methyl/N-ethyl adjacent to an activating group) is 1. The van der Waals surface area contributed by atoms with E-state index in [1.54, 1.807) is 19.1 Å². The third-order valence-corrected chi connectivity index (χ3v) is 3.28. The van der Waals surface area contributed by atoms with E-state index >= 15 is 0 Å². The number of ketones is 1. The molecule has 1 aromatic carbocycles. The largest absolute Gasteiger partial charge is 0.445 e. The van der Waals surface area contributed by atoms with Gasteiger partial charge in [-0.3, -0.25) is 4.79 Å². The first kappa shape index (κ1) is 16.5. The van der Waals surface area contributed by atoms with Gasteiger partial charge in [-0.1, -0.05) is 35.9 Å². The Bertz CT molecular complexity index is 517. The molecule has 1 amide bonds. The minimum Gasteiger partial charge on any atom is -0.445 e. The van der Waals surface area contributed by atoms with Crippen molar-refractivity contribution in [3.8, 4) is 0 Å². The number of carbonyl (C=O) groups is 2. The van der Waals surface area contributed by atoms with Crippen molar-refractivity contribution in [2.45, 2.75) is 6.92 Å². The topological polar surface area (TPSA) is 46.6 Å². The summed E-state index contributed by atoms with van der Waals surface area (Å²) in [7, 11) is 0. The Hall–Kier alpha value is -1.52. The quantitative estimate of drug-likeness (QED) is 0.592. The first-order valence-corrected chi connectivity index (χ1v) is 6.76. The lowest BCUT2D eigenvalue weighted by molar-refractivity contribution is 0.0864. The maximum absolute atomic E-state index is 12.1. The van der Waals surface area contributed by atoms with Gasteiger partial charge in [-0.25, -0.2) is 4.79 Å². The highest BCUT2D eigenvalue weighted by molar-refractivity contribution is 6.42. The van der Waals surface area contributed by atoms with Crippen LogP contribution in [0.1, 0.15) is 17.3 Å². The smallest absolute Gasteiger partial charge is 0.410 e. The second-order valence-electron chi connectivity index (χ2n) is 3.93. The first-order valence-electron chi connectivity index (χ1n) is 6.00. The molecule has 0 unspecified atom stereocenters. The Morgan fingerprint density at radius 3 is 2.60 bits per heavy atom. The SMILES string of the molecule is C=CCOC(=O)N(CC)CC(=O)c1ccc(Cl)c(Cl)c1. The van der Waals surface area contributed by atoms with Gasteiger partial charge in [0.15, 0.2) is 5.78 Å². The van der Waals surface area contributed by atoms with Crippen LogP contribution in [0.15, 0.2) is 30.9 Å². The van der Waals surface area contributed by atoms with Gasteiger partial charge in [0.05, 0.1) is 16.6 Å². The maximum Gasteiger partial charge on any atom is 0.410 e. The van der Waals surface area contributed by atoms with E-state index < -0.39 is 6.09 Å². The Labute approximate surface area is 127 Å². The van der Waals surface area contributed by atoms with Crippen LogP contribution < -0.4 is 0 Å². The van der Waals surface area contributed by atoms with Gasteiger partial charge in [0.25, 0.3) is 0 Å². The molecule has 0 spiro atoms. The van der Waals surface area contributed by atoms with Gasteiger partial charge in [0.2, 0.25) is 0 Å². The number of hydrogen-bond donors (Lipinski definition) is 0. The Balaban J connectivity index is 2.73. The highest BCUT2D eigenvalue weighted by Crippen LogP contribution is 2.22. The van der Waals surface area contributed by atoms with Gasteiger partial charge < -0.3 is 9.64 Å². The molecular weight excluding hydrogens is 301 g/mol. The van der Waals surface area contributed by atoms with E-state index in [1.807, 2.05) is 0 Å². The number of carbonyl (C=O) groups excluding carboxylic acids is 2. The molecule has 0 aromatic heterocycles. The van der Waals surface area contributed by atoms with Crippen LogP contribution in [0.5, 0.6) is 0 Å². The standard InChI is InChI=1S/C14H15Cl2NO3/c1-3-7-20-14(19)17(4-2)9-13(18)10-5-6-11(15)12(16)8-10/h3,5-6,8H,1,4,7,9H2,2H3. The predicted octanol–water partition coefficient (Wildman–Crippen LogP) is 3.82. The van der Waals surface area contributed by atoms with Gasteiger partial charge in [-0.15, -0.1) is 0 Å². The molecule has 0 aliphatic rings. The van der Waals surface area contributed by atoms with Crippen molar-refractivity contribution in [2.24, 2.45) is 0 Å². The van der Waals surface area contributed by atoms with Gasteiger partial charge in [-0.05, 0) is 25.1 Å². The molecule has 0 heterocycles. The van der Waals surface area contributed by atoms with E-state index in [0.717, 1.165) is 0 Å². The summed E-state index contributed by atoms with van der Waals surface area (Å²) in [6, 6.07) is 4.60. The molecule has 6 heteroatoms. The summed E-state index contributed by atoms with van der Waals surface area (Å²) >= 11 is 11.6. The molecule has 4 nitrogen and oxygen atoms in total. The molecule has 0 N–H and O–H groups in total. The van der Waals surface area contributed by atoms with Crippen molar-refractivity contribution in [3.05, 3.63) is 46.5 Å². The number of hydrogen-bond acceptors (Lipinski definition) is 3. The van der Waals surface area contributed by atoms with Gasteiger partial charge in [0.1, 0.15) is 6.61 Å². The summed E-state index contributed by atoms with van der Waals surface area (Å²) in [6.07, 6.45) is 0.910. The predicted molar refractivity (Wildman–Crippen MR) is 79.6 cm³/mol. The molecule has 0 aliphatic heterocycles. The lowest BCUT2D eigenvalue weighted by atomic mass is 10.1. The molecule has 0 atom stereocenters. The van der Waals surface area contributed by atoms with Crippen LogP contribution in [0.2, 0.25) is 10.0 Å². The zero-order chi connectivity index (χ0) is 15.1. The van der Waals surface area contributed by atoms with Crippen molar-refractivity contribution < 1.29 is 14.3 Å². The van der Waals surface area contributed by atoms with Crippen LogP contribution in [-0.4, -0.2) is 36.5 Å². The monoisotopic (exact) mass is 315 g/mol. The van der Waals surface area contributed by atoms with Crippen LogP contribution in [0, 0.1) is 0 Å². The van der Waals surface area contributed by atoms with Crippen molar-refractivity contribution >= 4 is 35.1 Å². The molecule has 0 fully saturated rings. The van der Waals surface area contributed by atoms with E-state index in [2.05, 4.69) is 6.58 Å².